The smallest absolute Gasteiger partial charge is 0.408 e. The summed E-state index contributed by atoms with van der Waals surface area (Å²) >= 11 is 0. The van der Waals surface area contributed by atoms with Crippen molar-refractivity contribution in [2.24, 2.45) is 0 Å². The van der Waals surface area contributed by atoms with E-state index in [1.807, 2.05) is 6.92 Å². The molecule has 202 valence electrons. The number of ether oxygens (including phenoxy) is 2. The average Bonchev–Trinajstić information content (AvgIpc) is 2.83. The van der Waals surface area contributed by atoms with E-state index < -0.39 is 29.6 Å². The number of nitrogens with one attached hydrogen (secondary N) is 2. The number of unbranched alkanes of at least 4 members (excludes halogenated alkanes) is 2. The number of phenols is 1. The molecule has 0 aliphatic heterocycles. The van der Waals surface area contributed by atoms with Gasteiger partial charge in [0, 0.05) is 12.2 Å². The minimum Gasteiger partial charge on any atom is -0.508 e. The Kier molecular flexibility index (Phi) is 10.8. The number of alkyl carbamates (subject to hydrolysis) is 1. The van der Waals surface area contributed by atoms with E-state index in [4.69, 9.17) is 9.47 Å². The number of amides is 3. The summed E-state index contributed by atoms with van der Waals surface area (Å²) in [5, 5.41) is 15.4. The van der Waals surface area contributed by atoms with Crippen LogP contribution in [0.5, 0.6) is 11.5 Å². The lowest BCUT2D eigenvalue weighted by atomic mass is 10.0. The summed E-state index contributed by atoms with van der Waals surface area (Å²) < 4.78 is 10.4. The van der Waals surface area contributed by atoms with E-state index in [0.29, 0.717) is 35.5 Å². The van der Waals surface area contributed by atoms with Crippen molar-refractivity contribution in [1.82, 2.24) is 10.2 Å². The molecule has 2 aromatic rings. The maximum absolute atomic E-state index is 13.7. The fourth-order valence-corrected chi connectivity index (χ4v) is 3.70. The standard InChI is InChI=1S/C28H39N3O6/c1-7-8-9-16-31(24(33)18-29-27(35)37-28(3,4)5)25(20-10-15-23(32)19(2)17-20)26(34)30-21-11-13-22(36-6)14-12-21/h10-15,17,25,32H,7-9,16,18H2,1-6H3,(H,29,35)(H,30,34). The van der Waals surface area contributed by atoms with Gasteiger partial charge in [0.05, 0.1) is 7.11 Å². The number of anilines is 1. The second-order valence-corrected chi connectivity index (χ2v) is 9.82. The summed E-state index contributed by atoms with van der Waals surface area (Å²) in [5.41, 5.74) is 0.952. The van der Waals surface area contributed by atoms with Gasteiger partial charge in [-0.15, -0.1) is 0 Å². The predicted octanol–water partition coefficient (Wildman–Crippen LogP) is 4.93. The number of aryl methyl sites for hydroxylation is 1. The van der Waals surface area contributed by atoms with E-state index in [1.165, 1.54) is 11.0 Å². The Bertz CT molecular complexity index is 1060. The first kappa shape index (κ1) is 29.5. The molecular formula is C28H39N3O6. The molecule has 9 heteroatoms. The third-order valence-electron chi connectivity index (χ3n) is 5.56. The Balaban J connectivity index is 2.38. The molecule has 0 aromatic heterocycles. The third-order valence-corrected chi connectivity index (χ3v) is 5.56. The number of hydrogen-bond acceptors (Lipinski definition) is 6. The zero-order chi connectivity index (χ0) is 27.6. The zero-order valence-corrected chi connectivity index (χ0v) is 22.6. The number of carbonyl (C=O) groups excluding carboxylic acids is 3. The van der Waals surface area contributed by atoms with Crippen LogP contribution in [-0.2, 0) is 14.3 Å². The first-order valence-electron chi connectivity index (χ1n) is 12.5. The van der Waals surface area contributed by atoms with Crippen LogP contribution in [0.4, 0.5) is 10.5 Å². The van der Waals surface area contributed by atoms with Gasteiger partial charge >= 0.3 is 6.09 Å². The Labute approximate surface area is 219 Å². The lowest BCUT2D eigenvalue weighted by molar-refractivity contribution is -0.138. The zero-order valence-electron chi connectivity index (χ0n) is 22.6. The van der Waals surface area contributed by atoms with Crippen LogP contribution in [0.2, 0.25) is 0 Å². The second-order valence-electron chi connectivity index (χ2n) is 9.82. The normalized spacial score (nSPS) is 11.8. The highest BCUT2D eigenvalue weighted by Gasteiger charge is 2.32. The van der Waals surface area contributed by atoms with Crippen molar-refractivity contribution in [2.75, 3.05) is 25.5 Å². The molecule has 1 unspecified atom stereocenters. The molecule has 3 amide bonds. The highest BCUT2D eigenvalue weighted by molar-refractivity contribution is 5.98. The van der Waals surface area contributed by atoms with Crippen molar-refractivity contribution < 1.29 is 29.0 Å². The summed E-state index contributed by atoms with van der Waals surface area (Å²) in [6.45, 7) is 8.96. The van der Waals surface area contributed by atoms with E-state index in [1.54, 1.807) is 71.2 Å². The maximum atomic E-state index is 13.7. The molecule has 2 rings (SSSR count). The molecule has 0 fully saturated rings. The van der Waals surface area contributed by atoms with Crippen molar-refractivity contribution in [3.05, 3.63) is 53.6 Å². The van der Waals surface area contributed by atoms with Gasteiger partial charge in [0.1, 0.15) is 29.7 Å². The van der Waals surface area contributed by atoms with Gasteiger partial charge in [-0.1, -0.05) is 25.8 Å². The molecule has 0 heterocycles. The fourth-order valence-electron chi connectivity index (χ4n) is 3.70. The molecule has 3 N–H and O–H groups in total. The number of rotatable bonds is 11. The molecule has 9 nitrogen and oxygen atoms in total. The van der Waals surface area contributed by atoms with E-state index in [-0.39, 0.29) is 12.3 Å². The number of benzene rings is 2. The minimum absolute atomic E-state index is 0.0912. The molecule has 0 aliphatic carbocycles. The lowest BCUT2D eigenvalue weighted by Crippen LogP contribution is -2.47. The van der Waals surface area contributed by atoms with Gasteiger partial charge in [0.2, 0.25) is 5.91 Å². The SMILES string of the molecule is CCCCCN(C(=O)CNC(=O)OC(C)(C)C)C(C(=O)Nc1ccc(OC)cc1)c1ccc(O)c(C)c1. The fraction of sp³-hybridized carbons (Fsp3) is 0.464. The van der Waals surface area contributed by atoms with Gasteiger partial charge in [-0.3, -0.25) is 9.59 Å². The Morgan fingerprint density at radius 2 is 1.73 bits per heavy atom. The Morgan fingerprint density at radius 1 is 1.05 bits per heavy atom. The highest BCUT2D eigenvalue weighted by atomic mass is 16.6. The van der Waals surface area contributed by atoms with Crippen LogP contribution in [0.25, 0.3) is 0 Å². The number of aromatic hydroxyl groups is 1. The van der Waals surface area contributed by atoms with Crippen molar-refractivity contribution in [1.29, 1.82) is 0 Å². The van der Waals surface area contributed by atoms with Gasteiger partial charge < -0.3 is 30.1 Å². The number of carbonyl (C=O) groups is 3. The Hall–Kier alpha value is -3.75. The van der Waals surface area contributed by atoms with Crippen LogP contribution in [0.1, 0.15) is 64.1 Å². The van der Waals surface area contributed by atoms with Gasteiger partial charge in [-0.2, -0.15) is 0 Å². The first-order valence-corrected chi connectivity index (χ1v) is 12.5. The minimum atomic E-state index is -0.994. The van der Waals surface area contributed by atoms with E-state index in [2.05, 4.69) is 10.6 Å². The molecule has 0 saturated heterocycles. The highest BCUT2D eigenvalue weighted by Crippen LogP contribution is 2.28. The first-order chi connectivity index (χ1) is 17.4. The number of nitrogens with zero attached hydrogens (tertiary/aromatic N) is 1. The van der Waals surface area contributed by atoms with Crippen LogP contribution < -0.4 is 15.4 Å². The summed E-state index contributed by atoms with van der Waals surface area (Å²) in [6.07, 6.45) is 1.76. The van der Waals surface area contributed by atoms with Crippen LogP contribution in [0.15, 0.2) is 42.5 Å². The Morgan fingerprint density at radius 3 is 2.30 bits per heavy atom. The van der Waals surface area contributed by atoms with E-state index in [0.717, 1.165) is 12.8 Å². The van der Waals surface area contributed by atoms with Gasteiger partial charge in [-0.05, 0) is 81.6 Å². The molecule has 0 saturated carbocycles. The van der Waals surface area contributed by atoms with Crippen LogP contribution in [0.3, 0.4) is 0 Å². The monoisotopic (exact) mass is 513 g/mol. The molecule has 0 bridgehead atoms. The second kappa shape index (κ2) is 13.5. The molecule has 1 atom stereocenters. The van der Waals surface area contributed by atoms with Crippen LogP contribution in [-0.4, -0.2) is 53.7 Å². The summed E-state index contributed by atoms with van der Waals surface area (Å²) in [7, 11) is 1.56. The molecule has 0 spiro atoms. The summed E-state index contributed by atoms with van der Waals surface area (Å²) in [4.78, 5) is 40.7. The molecule has 37 heavy (non-hydrogen) atoms. The van der Waals surface area contributed by atoms with Crippen molar-refractivity contribution in [3.63, 3.8) is 0 Å². The molecule has 0 radical (unpaired) electrons. The largest absolute Gasteiger partial charge is 0.508 e. The topological polar surface area (TPSA) is 117 Å². The summed E-state index contributed by atoms with van der Waals surface area (Å²) in [6, 6.07) is 10.7. The lowest BCUT2D eigenvalue weighted by Gasteiger charge is -2.32. The molecular weight excluding hydrogens is 474 g/mol. The van der Waals surface area contributed by atoms with E-state index in [9.17, 15) is 19.5 Å². The van der Waals surface area contributed by atoms with Crippen LogP contribution in [0, 0.1) is 6.92 Å². The average molecular weight is 514 g/mol. The number of phenolic OH excluding ortho intramolecular Hbond substituents is 1. The van der Waals surface area contributed by atoms with Crippen molar-refractivity contribution >= 4 is 23.6 Å². The van der Waals surface area contributed by atoms with Crippen molar-refractivity contribution in [3.8, 4) is 11.5 Å². The van der Waals surface area contributed by atoms with Crippen molar-refractivity contribution in [2.45, 2.75) is 65.5 Å². The molecule has 0 aliphatic rings. The van der Waals surface area contributed by atoms with E-state index >= 15 is 0 Å². The quantitative estimate of drug-likeness (QED) is 0.367. The number of methoxy groups -OCH3 is 1. The molecule has 2 aromatic carbocycles. The van der Waals surface area contributed by atoms with Gasteiger partial charge in [0.15, 0.2) is 0 Å². The third kappa shape index (κ3) is 9.33. The predicted molar refractivity (Wildman–Crippen MR) is 143 cm³/mol. The van der Waals surface area contributed by atoms with Gasteiger partial charge in [-0.25, -0.2) is 4.79 Å². The van der Waals surface area contributed by atoms with Gasteiger partial charge in [0.25, 0.3) is 5.91 Å². The maximum Gasteiger partial charge on any atom is 0.408 e. The van der Waals surface area contributed by atoms with Crippen LogP contribution >= 0.6 is 0 Å². The number of hydrogen-bond donors (Lipinski definition) is 3. The summed E-state index contributed by atoms with van der Waals surface area (Å²) in [5.74, 6) is -0.109.